The molecule has 2 N–H and O–H groups in total. The number of nitrogens with one attached hydrogen (secondary N) is 2. The van der Waals surface area contributed by atoms with E-state index in [9.17, 15) is 24.0 Å². The number of ether oxygens (including phenoxy) is 3. The Bertz CT molecular complexity index is 1450. The first-order valence-corrected chi connectivity index (χ1v) is 20.8. The van der Waals surface area contributed by atoms with Gasteiger partial charge >= 0.3 is 6.09 Å². The molecule has 1 fully saturated rings. The normalized spacial score (nSPS) is 18.8. The molecule has 0 aromatic heterocycles. The van der Waals surface area contributed by atoms with Crippen LogP contribution >= 0.6 is 0 Å². The molecule has 9 atom stereocenters. The van der Waals surface area contributed by atoms with Crippen LogP contribution in [0.1, 0.15) is 107 Å². The average Bonchev–Trinajstić information content (AvgIpc) is 3.62. The molecular formula is C44H75N5O8. The molecule has 1 aliphatic rings. The van der Waals surface area contributed by atoms with Crippen molar-refractivity contribution in [3.8, 4) is 0 Å². The predicted molar refractivity (Wildman–Crippen MR) is 223 cm³/mol. The van der Waals surface area contributed by atoms with Crippen molar-refractivity contribution in [3.05, 3.63) is 35.9 Å². The first kappa shape index (κ1) is 49.4. The maximum atomic E-state index is 14.4. The van der Waals surface area contributed by atoms with Gasteiger partial charge in [0, 0.05) is 40.9 Å². The molecule has 57 heavy (non-hydrogen) atoms. The summed E-state index contributed by atoms with van der Waals surface area (Å²) in [5.74, 6) is -2.18. The van der Waals surface area contributed by atoms with E-state index in [0.29, 0.717) is 25.8 Å². The van der Waals surface area contributed by atoms with E-state index >= 15 is 0 Å². The summed E-state index contributed by atoms with van der Waals surface area (Å²) in [6.07, 6.45) is 1.08. The first-order valence-electron chi connectivity index (χ1n) is 20.8. The summed E-state index contributed by atoms with van der Waals surface area (Å²) in [6, 6.07) is 7.32. The van der Waals surface area contributed by atoms with Crippen LogP contribution in [0.3, 0.4) is 0 Å². The molecule has 0 bridgehead atoms. The predicted octanol–water partition coefficient (Wildman–Crippen LogP) is 5.69. The van der Waals surface area contributed by atoms with Crippen LogP contribution in [0.25, 0.3) is 0 Å². The number of benzene rings is 1. The van der Waals surface area contributed by atoms with E-state index in [2.05, 4.69) is 10.6 Å². The van der Waals surface area contributed by atoms with E-state index in [1.165, 1.54) is 11.9 Å². The Morgan fingerprint density at radius 1 is 0.860 bits per heavy atom. The molecule has 0 spiro atoms. The SMILES string of the molecule is CC[C@H](C)[C@@H]([C@@H](CC(=O)N1CCC[C@H]1[C@H](OC)[C@@H](C)C(=O)N[C@H](C)Cc1ccccc1)OC)N(C)C(=O)[C@@H](NC(=O)[C@H](C(C)C)N(C)C(=O)OC(C)(C)C)C(C)C. The number of carbonyl (C=O) groups excluding carboxylic acids is 5. The highest BCUT2D eigenvalue weighted by molar-refractivity contribution is 5.91. The van der Waals surface area contributed by atoms with Crippen LogP contribution in [-0.2, 0) is 39.8 Å². The van der Waals surface area contributed by atoms with Crippen molar-refractivity contribution < 1.29 is 38.2 Å². The second kappa shape index (κ2) is 22.4. The van der Waals surface area contributed by atoms with E-state index in [4.69, 9.17) is 14.2 Å². The Morgan fingerprint density at radius 2 is 1.47 bits per heavy atom. The molecule has 1 aromatic carbocycles. The molecule has 13 heteroatoms. The molecular weight excluding hydrogens is 727 g/mol. The third-order valence-corrected chi connectivity index (χ3v) is 11.3. The minimum absolute atomic E-state index is 0.0135. The fourth-order valence-corrected chi connectivity index (χ4v) is 8.04. The van der Waals surface area contributed by atoms with E-state index in [-0.39, 0.29) is 54.0 Å². The summed E-state index contributed by atoms with van der Waals surface area (Å²) in [6.45, 7) is 21.1. The van der Waals surface area contributed by atoms with Gasteiger partial charge in [0.25, 0.3) is 0 Å². The number of likely N-dealkylation sites (N-methyl/N-ethyl adjacent to an activating group) is 2. The van der Waals surface area contributed by atoms with E-state index in [0.717, 1.165) is 12.0 Å². The van der Waals surface area contributed by atoms with Crippen molar-refractivity contribution in [2.24, 2.45) is 23.7 Å². The average molecular weight is 802 g/mol. The van der Waals surface area contributed by atoms with Gasteiger partial charge in [-0.1, -0.05) is 85.2 Å². The number of nitrogens with zero attached hydrogens (tertiary/aromatic N) is 3. The number of rotatable bonds is 20. The second-order valence-electron chi connectivity index (χ2n) is 17.7. The van der Waals surface area contributed by atoms with Crippen molar-refractivity contribution in [1.82, 2.24) is 25.3 Å². The number of methoxy groups -OCH3 is 2. The molecule has 0 aliphatic carbocycles. The van der Waals surface area contributed by atoms with Crippen molar-refractivity contribution >= 4 is 29.7 Å². The number of amides is 5. The summed E-state index contributed by atoms with van der Waals surface area (Å²) in [5.41, 5.74) is 0.390. The fourth-order valence-electron chi connectivity index (χ4n) is 8.04. The zero-order chi connectivity index (χ0) is 43.4. The topological polar surface area (TPSA) is 147 Å². The zero-order valence-electron chi connectivity index (χ0n) is 37.6. The highest BCUT2D eigenvalue weighted by Crippen LogP contribution is 2.30. The fraction of sp³-hybridized carbons (Fsp3) is 0.750. The molecule has 13 nitrogen and oxygen atoms in total. The second-order valence-corrected chi connectivity index (χ2v) is 17.7. The molecule has 324 valence electrons. The van der Waals surface area contributed by atoms with E-state index in [1.807, 2.05) is 90.6 Å². The molecule has 0 radical (unpaired) electrons. The van der Waals surface area contributed by atoms with Gasteiger partial charge in [-0.3, -0.25) is 24.1 Å². The van der Waals surface area contributed by atoms with Gasteiger partial charge in [0.15, 0.2) is 0 Å². The Hall–Kier alpha value is -3.71. The Balaban J connectivity index is 2.27. The van der Waals surface area contributed by atoms with Crippen molar-refractivity contribution in [2.75, 3.05) is 34.9 Å². The summed E-state index contributed by atoms with van der Waals surface area (Å²) >= 11 is 0. The quantitative estimate of drug-likeness (QED) is 0.171. The largest absolute Gasteiger partial charge is 0.444 e. The van der Waals surface area contributed by atoms with Crippen molar-refractivity contribution in [1.29, 1.82) is 0 Å². The summed E-state index contributed by atoms with van der Waals surface area (Å²) in [4.78, 5) is 73.7. The van der Waals surface area contributed by atoms with Gasteiger partial charge in [-0.05, 0) is 70.3 Å². The van der Waals surface area contributed by atoms with E-state index < -0.39 is 53.9 Å². The molecule has 1 aliphatic heterocycles. The highest BCUT2D eigenvalue weighted by atomic mass is 16.6. The summed E-state index contributed by atoms with van der Waals surface area (Å²) in [7, 11) is 6.36. The molecule has 5 amide bonds. The maximum Gasteiger partial charge on any atom is 0.410 e. The Morgan fingerprint density at radius 3 is 1.98 bits per heavy atom. The van der Waals surface area contributed by atoms with Gasteiger partial charge in [-0.2, -0.15) is 0 Å². The third kappa shape index (κ3) is 14.0. The van der Waals surface area contributed by atoms with Crippen LogP contribution in [0.2, 0.25) is 0 Å². The van der Waals surface area contributed by atoms with Gasteiger partial charge in [0.2, 0.25) is 23.6 Å². The minimum atomic E-state index is -0.913. The Labute approximate surface area is 343 Å². The monoisotopic (exact) mass is 802 g/mol. The van der Waals surface area contributed by atoms with Crippen LogP contribution in [0, 0.1) is 23.7 Å². The standard InChI is InChI=1S/C44H75N5O8/c1-16-29(6)38(47(12)42(53)36(27(2)3)46-41(52)37(28(4)5)48(13)43(54)57-44(9,10)11)34(55-14)26-35(50)49-24-20-23-33(49)39(56-15)31(8)40(51)45-30(7)25-32-21-18-17-19-22-32/h17-19,21-22,27-31,33-34,36-39H,16,20,23-26H2,1-15H3,(H,45,51)(H,46,52)/t29-,30+,31+,33-,34+,36-,37-,38-,39+/m0/s1. The number of hydrogen-bond acceptors (Lipinski definition) is 8. The van der Waals surface area contributed by atoms with Crippen LogP contribution < -0.4 is 10.6 Å². The lowest BCUT2D eigenvalue weighted by atomic mass is 9.89. The van der Waals surface area contributed by atoms with Gasteiger partial charge in [-0.25, -0.2) is 4.79 Å². The van der Waals surface area contributed by atoms with Crippen LogP contribution in [0.15, 0.2) is 30.3 Å². The van der Waals surface area contributed by atoms with Gasteiger partial charge in [0.05, 0.1) is 36.6 Å². The molecule has 0 saturated carbocycles. The van der Waals surface area contributed by atoms with E-state index in [1.54, 1.807) is 46.9 Å². The third-order valence-electron chi connectivity index (χ3n) is 11.3. The minimum Gasteiger partial charge on any atom is -0.444 e. The molecule has 0 unspecified atom stereocenters. The number of likely N-dealkylation sites (tertiary alicyclic amines) is 1. The molecule has 1 aromatic rings. The van der Waals surface area contributed by atoms with Crippen LogP contribution in [0.5, 0.6) is 0 Å². The smallest absolute Gasteiger partial charge is 0.410 e. The van der Waals surface area contributed by atoms with Crippen molar-refractivity contribution in [3.63, 3.8) is 0 Å². The lowest BCUT2D eigenvalue weighted by molar-refractivity contribution is -0.148. The highest BCUT2D eigenvalue weighted by Gasteiger charge is 2.43. The number of carbonyl (C=O) groups is 5. The van der Waals surface area contributed by atoms with Gasteiger partial charge < -0.3 is 34.6 Å². The van der Waals surface area contributed by atoms with Crippen LogP contribution in [-0.4, -0.2) is 127 Å². The lowest BCUT2D eigenvalue weighted by Gasteiger charge is -2.41. The zero-order valence-corrected chi connectivity index (χ0v) is 37.6. The maximum absolute atomic E-state index is 14.4. The number of hydrogen-bond donors (Lipinski definition) is 2. The van der Waals surface area contributed by atoms with Gasteiger partial charge in [0.1, 0.15) is 17.7 Å². The summed E-state index contributed by atoms with van der Waals surface area (Å²) < 4.78 is 17.5. The first-order chi connectivity index (χ1) is 26.6. The Kier molecular flexibility index (Phi) is 19.5. The van der Waals surface area contributed by atoms with Crippen LogP contribution in [0.4, 0.5) is 4.79 Å². The molecule has 1 saturated heterocycles. The van der Waals surface area contributed by atoms with Gasteiger partial charge in [-0.15, -0.1) is 0 Å². The summed E-state index contributed by atoms with van der Waals surface area (Å²) in [5, 5.41) is 6.10. The molecule has 1 heterocycles. The van der Waals surface area contributed by atoms with Crippen molar-refractivity contribution in [2.45, 2.75) is 156 Å². The molecule has 2 rings (SSSR count). The lowest BCUT2D eigenvalue weighted by Crippen LogP contribution is -2.60.